The Hall–Kier alpha value is -3.62. The van der Waals surface area contributed by atoms with Gasteiger partial charge < -0.3 is 14.8 Å². The Labute approximate surface area is 162 Å². The van der Waals surface area contributed by atoms with Gasteiger partial charge in [-0.3, -0.25) is 4.79 Å². The summed E-state index contributed by atoms with van der Waals surface area (Å²) < 4.78 is 62.8. The van der Waals surface area contributed by atoms with Crippen LogP contribution in [0.1, 0.15) is 15.9 Å². The smallest absolute Gasteiger partial charge is 0.416 e. The number of methoxy groups -OCH3 is 1. The third-order valence-corrected chi connectivity index (χ3v) is 3.75. The maximum absolute atomic E-state index is 13.8. The van der Waals surface area contributed by atoms with Gasteiger partial charge in [-0.05, 0) is 30.3 Å². The van der Waals surface area contributed by atoms with Crippen LogP contribution >= 0.6 is 0 Å². The third-order valence-electron chi connectivity index (χ3n) is 3.75. The zero-order chi connectivity index (χ0) is 21.0. The number of anilines is 1. The van der Waals surface area contributed by atoms with Gasteiger partial charge in [0.1, 0.15) is 23.1 Å². The molecule has 0 atom stereocenters. The van der Waals surface area contributed by atoms with Gasteiger partial charge >= 0.3 is 6.18 Å². The first-order valence-corrected chi connectivity index (χ1v) is 8.23. The number of pyridine rings is 1. The topological polar surface area (TPSA) is 60.5 Å². The SMILES string of the molecule is COc1cc(NC(=O)c2ccccc2F)nc(Oc2cccc(C(F)(F)F)c2)c1. The van der Waals surface area contributed by atoms with E-state index in [1.807, 2.05) is 0 Å². The lowest BCUT2D eigenvalue weighted by Gasteiger charge is -2.12. The summed E-state index contributed by atoms with van der Waals surface area (Å²) in [5.41, 5.74) is -1.08. The summed E-state index contributed by atoms with van der Waals surface area (Å²) in [6.07, 6.45) is -4.53. The molecule has 0 radical (unpaired) electrons. The normalized spacial score (nSPS) is 11.1. The summed E-state index contributed by atoms with van der Waals surface area (Å²) in [5.74, 6) is -1.49. The van der Waals surface area contributed by atoms with Crippen LogP contribution in [0.15, 0.2) is 60.7 Å². The molecular weight excluding hydrogens is 392 g/mol. The minimum Gasteiger partial charge on any atom is -0.496 e. The molecule has 0 unspecified atom stereocenters. The minimum atomic E-state index is -4.53. The number of nitrogens with one attached hydrogen (secondary N) is 1. The highest BCUT2D eigenvalue weighted by molar-refractivity contribution is 6.04. The number of hydrogen-bond donors (Lipinski definition) is 1. The number of amides is 1. The summed E-state index contributed by atoms with van der Waals surface area (Å²) in [6.45, 7) is 0. The molecule has 0 spiro atoms. The number of nitrogens with zero attached hydrogens (tertiary/aromatic N) is 1. The average Bonchev–Trinajstić information content (AvgIpc) is 2.67. The van der Waals surface area contributed by atoms with Crippen LogP contribution in [0.3, 0.4) is 0 Å². The van der Waals surface area contributed by atoms with Crippen molar-refractivity contribution in [3.63, 3.8) is 0 Å². The summed E-state index contributed by atoms with van der Waals surface area (Å²) in [7, 11) is 1.35. The fourth-order valence-electron chi connectivity index (χ4n) is 2.40. The molecule has 0 fully saturated rings. The lowest BCUT2D eigenvalue weighted by atomic mass is 10.2. The number of halogens is 4. The number of carbonyl (C=O) groups is 1. The number of rotatable bonds is 5. The molecule has 0 saturated carbocycles. The van der Waals surface area contributed by atoms with E-state index in [1.165, 1.54) is 49.6 Å². The van der Waals surface area contributed by atoms with E-state index in [2.05, 4.69) is 10.3 Å². The van der Waals surface area contributed by atoms with Crippen molar-refractivity contribution in [2.75, 3.05) is 12.4 Å². The van der Waals surface area contributed by atoms with Crippen LogP contribution in [0.5, 0.6) is 17.4 Å². The second kappa shape index (κ2) is 8.17. The fourth-order valence-corrected chi connectivity index (χ4v) is 2.40. The van der Waals surface area contributed by atoms with Crippen LogP contribution in [0, 0.1) is 5.82 Å². The molecule has 0 aliphatic carbocycles. The van der Waals surface area contributed by atoms with Gasteiger partial charge in [0.05, 0.1) is 18.2 Å². The second-order valence-electron chi connectivity index (χ2n) is 5.79. The van der Waals surface area contributed by atoms with Crippen molar-refractivity contribution in [1.29, 1.82) is 0 Å². The molecule has 1 heterocycles. The van der Waals surface area contributed by atoms with Gasteiger partial charge in [-0.25, -0.2) is 4.39 Å². The molecule has 5 nitrogen and oxygen atoms in total. The van der Waals surface area contributed by atoms with E-state index in [4.69, 9.17) is 9.47 Å². The maximum Gasteiger partial charge on any atom is 0.416 e. The Kier molecular flexibility index (Phi) is 5.67. The predicted octanol–water partition coefficient (Wildman–Crippen LogP) is 5.29. The predicted molar refractivity (Wildman–Crippen MR) is 96.7 cm³/mol. The van der Waals surface area contributed by atoms with Gasteiger partial charge in [-0.15, -0.1) is 0 Å². The summed E-state index contributed by atoms with van der Waals surface area (Å²) >= 11 is 0. The van der Waals surface area contributed by atoms with Crippen LogP contribution in [-0.2, 0) is 6.18 Å². The number of carbonyl (C=O) groups excluding carboxylic acids is 1. The summed E-state index contributed by atoms with van der Waals surface area (Å²) in [5, 5.41) is 2.41. The Morgan fingerprint density at radius 1 is 1.00 bits per heavy atom. The Bertz CT molecular complexity index is 1040. The van der Waals surface area contributed by atoms with Gasteiger partial charge in [0.2, 0.25) is 5.88 Å². The molecule has 150 valence electrons. The van der Waals surface area contributed by atoms with Gasteiger partial charge in [-0.1, -0.05) is 18.2 Å². The van der Waals surface area contributed by atoms with Gasteiger partial charge in [0.25, 0.3) is 5.91 Å². The Morgan fingerprint density at radius 3 is 2.45 bits per heavy atom. The molecule has 1 amide bonds. The number of aromatic nitrogens is 1. The van der Waals surface area contributed by atoms with Crippen molar-refractivity contribution in [1.82, 2.24) is 4.98 Å². The molecule has 9 heteroatoms. The average molecular weight is 406 g/mol. The van der Waals surface area contributed by atoms with E-state index in [0.29, 0.717) is 0 Å². The molecule has 0 aliphatic heterocycles. The highest BCUT2D eigenvalue weighted by Gasteiger charge is 2.30. The van der Waals surface area contributed by atoms with Crippen molar-refractivity contribution in [3.05, 3.63) is 77.6 Å². The van der Waals surface area contributed by atoms with Crippen LogP contribution in [0.2, 0.25) is 0 Å². The van der Waals surface area contributed by atoms with E-state index < -0.39 is 23.5 Å². The van der Waals surface area contributed by atoms with Crippen LogP contribution < -0.4 is 14.8 Å². The standard InChI is InChI=1S/C20H14F4N2O3/c1-28-14-10-17(26-19(27)15-7-2-3-8-16(15)21)25-18(11-14)29-13-6-4-5-12(9-13)20(22,23)24/h2-11H,1H3,(H,25,26,27). The third kappa shape index (κ3) is 5.01. The number of hydrogen-bond acceptors (Lipinski definition) is 4. The van der Waals surface area contributed by atoms with E-state index in [9.17, 15) is 22.4 Å². The highest BCUT2D eigenvalue weighted by atomic mass is 19.4. The van der Waals surface area contributed by atoms with Crippen molar-refractivity contribution in [3.8, 4) is 17.4 Å². The fraction of sp³-hybridized carbons (Fsp3) is 0.100. The monoisotopic (exact) mass is 406 g/mol. The van der Waals surface area contributed by atoms with Crippen molar-refractivity contribution in [2.45, 2.75) is 6.18 Å². The first-order valence-electron chi connectivity index (χ1n) is 8.23. The largest absolute Gasteiger partial charge is 0.496 e. The molecule has 1 N–H and O–H groups in total. The summed E-state index contributed by atoms with van der Waals surface area (Å²) in [4.78, 5) is 16.3. The first-order chi connectivity index (χ1) is 13.8. The highest BCUT2D eigenvalue weighted by Crippen LogP contribution is 2.33. The quantitative estimate of drug-likeness (QED) is 0.585. The van der Waals surface area contributed by atoms with Crippen LogP contribution in [-0.4, -0.2) is 18.0 Å². The summed E-state index contributed by atoms with van der Waals surface area (Å²) in [6, 6.07) is 12.3. The minimum absolute atomic E-state index is 0.0282. The molecule has 0 bridgehead atoms. The Balaban J connectivity index is 1.86. The molecule has 0 saturated heterocycles. The van der Waals surface area contributed by atoms with E-state index >= 15 is 0 Å². The number of alkyl halides is 3. The van der Waals surface area contributed by atoms with Crippen molar-refractivity contribution >= 4 is 11.7 Å². The molecule has 29 heavy (non-hydrogen) atoms. The van der Waals surface area contributed by atoms with Gasteiger partial charge in [0, 0.05) is 12.1 Å². The molecule has 0 aliphatic rings. The van der Waals surface area contributed by atoms with E-state index in [0.717, 1.165) is 18.2 Å². The van der Waals surface area contributed by atoms with E-state index in [1.54, 1.807) is 0 Å². The van der Waals surface area contributed by atoms with Crippen molar-refractivity contribution < 1.29 is 31.8 Å². The van der Waals surface area contributed by atoms with Gasteiger partial charge in [-0.2, -0.15) is 18.2 Å². The lowest BCUT2D eigenvalue weighted by molar-refractivity contribution is -0.137. The first kappa shape index (κ1) is 20.1. The maximum atomic E-state index is 13.8. The molecule has 3 aromatic rings. The number of ether oxygens (including phenoxy) is 2. The zero-order valence-electron chi connectivity index (χ0n) is 15.0. The second-order valence-corrected chi connectivity index (χ2v) is 5.79. The zero-order valence-corrected chi connectivity index (χ0v) is 15.0. The molecule has 2 aromatic carbocycles. The van der Waals surface area contributed by atoms with Gasteiger partial charge in [0.15, 0.2) is 0 Å². The van der Waals surface area contributed by atoms with Crippen molar-refractivity contribution in [2.24, 2.45) is 0 Å². The lowest BCUT2D eigenvalue weighted by Crippen LogP contribution is -2.14. The number of benzene rings is 2. The molecule has 1 aromatic heterocycles. The van der Waals surface area contributed by atoms with Crippen LogP contribution in [0.4, 0.5) is 23.4 Å². The molecule has 3 rings (SSSR count). The Morgan fingerprint density at radius 2 is 1.76 bits per heavy atom. The molecular formula is C20H14F4N2O3. The van der Waals surface area contributed by atoms with E-state index in [-0.39, 0.29) is 28.8 Å². The van der Waals surface area contributed by atoms with Crippen LogP contribution in [0.25, 0.3) is 0 Å².